The number of carbonyl (C=O) groups is 1. The SMILES string of the molecule is CCc1cccc(NC(=O)[C@H]2CCN[C@@H](C)C2)c1.Cl. The molecule has 3 nitrogen and oxygen atoms in total. The second-order valence-corrected chi connectivity index (χ2v) is 5.12. The quantitative estimate of drug-likeness (QED) is 0.895. The molecule has 1 aliphatic heterocycles. The van der Waals surface area contributed by atoms with Crippen LogP contribution in [0.1, 0.15) is 32.3 Å². The van der Waals surface area contributed by atoms with Gasteiger partial charge in [-0.2, -0.15) is 0 Å². The van der Waals surface area contributed by atoms with Crippen LogP contribution in [0.4, 0.5) is 5.69 Å². The Balaban J connectivity index is 0.00000180. The molecular formula is C15H23ClN2O. The summed E-state index contributed by atoms with van der Waals surface area (Å²) >= 11 is 0. The van der Waals surface area contributed by atoms with Crippen LogP contribution < -0.4 is 10.6 Å². The first-order valence-electron chi connectivity index (χ1n) is 6.82. The molecule has 2 rings (SSSR count). The predicted molar refractivity (Wildman–Crippen MR) is 81.9 cm³/mol. The van der Waals surface area contributed by atoms with E-state index >= 15 is 0 Å². The highest BCUT2D eigenvalue weighted by Gasteiger charge is 2.24. The van der Waals surface area contributed by atoms with Crippen molar-refractivity contribution in [2.75, 3.05) is 11.9 Å². The van der Waals surface area contributed by atoms with E-state index in [1.165, 1.54) is 5.56 Å². The Hall–Kier alpha value is -1.06. The number of halogens is 1. The maximum Gasteiger partial charge on any atom is 0.227 e. The zero-order valence-electron chi connectivity index (χ0n) is 11.6. The molecule has 2 atom stereocenters. The lowest BCUT2D eigenvalue weighted by atomic mass is 9.92. The third kappa shape index (κ3) is 4.51. The van der Waals surface area contributed by atoms with E-state index in [2.05, 4.69) is 36.6 Å². The van der Waals surface area contributed by atoms with Gasteiger partial charge < -0.3 is 10.6 Å². The molecular weight excluding hydrogens is 260 g/mol. The molecule has 1 aromatic rings. The zero-order valence-corrected chi connectivity index (χ0v) is 12.4. The summed E-state index contributed by atoms with van der Waals surface area (Å²) in [6.07, 6.45) is 2.86. The van der Waals surface area contributed by atoms with Crippen molar-refractivity contribution in [1.82, 2.24) is 5.32 Å². The minimum Gasteiger partial charge on any atom is -0.326 e. The van der Waals surface area contributed by atoms with E-state index in [1.807, 2.05) is 12.1 Å². The molecule has 0 spiro atoms. The second-order valence-electron chi connectivity index (χ2n) is 5.12. The van der Waals surface area contributed by atoms with Gasteiger partial charge in [0.15, 0.2) is 0 Å². The summed E-state index contributed by atoms with van der Waals surface area (Å²) < 4.78 is 0. The number of benzene rings is 1. The van der Waals surface area contributed by atoms with Crippen molar-refractivity contribution >= 4 is 24.0 Å². The van der Waals surface area contributed by atoms with Crippen molar-refractivity contribution in [2.45, 2.75) is 39.2 Å². The molecule has 0 saturated carbocycles. The molecule has 4 heteroatoms. The van der Waals surface area contributed by atoms with Gasteiger partial charge in [0.25, 0.3) is 0 Å². The number of nitrogens with one attached hydrogen (secondary N) is 2. The lowest BCUT2D eigenvalue weighted by molar-refractivity contribution is -0.120. The third-order valence-electron chi connectivity index (χ3n) is 3.60. The highest BCUT2D eigenvalue weighted by molar-refractivity contribution is 5.92. The van der Waals surface area contributed by atoms with Gasteiger partial charge in [0.1, 0.15) is 0 Å². The fraction of sp³-hybridized carbons (Fsp3) is 0.533. The highest BCUT2D eigenvalue weighted by atomic mass is 35.5. The average Bonchev–Trinajstić information content (AvgIpc) is 2.39. The van der Waals surface area contributed by atoms with Crippen LogP contribution in [0.2, 0.25) is 0 Å². The van der Waals surface area contributed by atoms with E-state index in [-0.39, 0.29) is 24.2 Å². The molecule has 0 aliphatic carbocycles. The Labute approximate surface area is 121 Å². The lowest BCUT2D eigenvalue weighted by Gasteiger charge is -2.27. The van der Waals surface area contributed by atoms with E-state index < -0.39 is 0 Å². The fourth-order valence-electron chi connectivity index (χ4n) is 2.48. The van der Waals surface area contributed by atoms with Crippen LogP contribution in [0, 0.1) is 5.92 Å². The molecule has 19 heavy (non-hydrogen) atoms. The predicted octanol–water partition coefficient (Wildman–Crippen LogP) is 3.00. The van der Waals surface area contributed by atoms with Gasteiger partial charge in [-0.15, -0.1) is 12.4 Å². The van der Waals surface area contributed by atoms with Crippen molar-refractivity contribution in [3.63, 3.8) is 0 Å². The van der Waals surface area contributed by atoms with Gasteiger partial charge >= 0.3 is 0 Å². The Morgan fingerprint density at radius 3 is 2.95 bits per heavy atom. The minimum atomic E-state index is 0. The van der Waals surface area contributed by atoms with E-state index in [9.17, 15) is 4.79 Å². The Morgan fingerprint density at radius 2 is 2.26 bits per heavy atom. The molecule has 1 heterocycles. The van der Waals surface area contributed by atoms with Crippen LogP contribution in [-0.4, -0.2) is 18.5 Å². The van der Waals surface area contributed by atoms with Crippen molar-refractivity contribution in [3.8, 4) is 0 Å². The molecule has 1 amide bonds. The molecule has 1 aromatic carbocycles. The van der Waals surface area contributed by atoms with Crippen LogP contribution in [-0.2, 0) is 11.2 Å². The normalized spacial score (nSPS) is 22.4. The second kappa shape index (κ2) is 7.51. The van der Waals surface area contributed by atoms with Crippen LogP contribution in [0.25, 0.3) is 0 Å². The van der Waals surface area contributed by atoms with Gasteiger partial charge in [0.2, 0.25) is 5.91 Å². The largest absolute Gasteiger partial charge is 0.326 e. The first kappa shape index (κ1) is 16.0. The smallest absolute Gasteiger partial charge is 0.227 e. The summed E-state index contributed by atoms with van der Waals surface area (Å²) in [4.78, 5) is 12.2. The Bertz CT molecular complexity index is 422. The van der Waals surface area contributed by atoms with Gasteiger partial charge in [0, 0.05) is 17.6 Å². The molecule has 2 N–H and O–H groups in total. The van der Waals surface area contributed by atoms with Crippen LogP contribution in [0.3, 0.4) is 0 Å². The van der Waals surface area contributed by atoms with Crippen LogP contribution >= 0.6 is 12.4 Å². The van der Waals surface area contributed by atoms with Crippen LogP contribution in [0.15, 0.2) is 24.3 Å². The van der Waals surface area contributed by atoms with Crippen molar-refractivity contribution < 1.29 is 4.79 Å². The number of piperidine rings is 1. The van der Waals surface area contributed by atoms with E-state index in [4.69, 9.17) is 0 Å². The topological polar surface area (TPSA) is 41.1 Å². The molecule has 0 unspecified atom stereocenters. The monoisotopic (exact) mass is 282 g/mol. The minimum absolute atomic E-state index is 0. The standard InChI is InChI=1S/C15H22N2O.ClH/c1-3-12-5-4-6-14(10-12)17-15(18)13-7-8-16-11(2)9-13;/h4-6,10-11,13,16H,3,7-9H2,1-2H3,(H,17,18);1H/t11-,13-;/m0./s1. The summed E-state index contributed by atoms with van der Waals surface area (Å²) in [5.74, 6) is 0.308. The number of hydrogen-bond donors (Lipinski definition) is 2. The first-order valence-corrected chi connectivity index (χ1v) is 6.82. The summed E-state index contributed by atoms with van der Waals surface area (Å²) in [5, 5.41) is 6.41. The fourth-order valence-corrected chi connectivity index (χ4v) is 2.48. The number of aryl methyl sites for hydroxylation is 1. The molecule has 0 radical (unpaired) electrons. The lowest BCUT2D eigenvalue weighted by Crippen LogP contribution is -2.40. The van der Waals surface area contributed by atoms with Gasteiger partial charge in [-0.25, -0.2) is 0 Å². The Morgan fingerprint density at radius 1 is 1.47 bits per heavy atom. The number of carbonyl (C=O) groups excluding carboxylic acids is 1. The van der Waals surface area contributed by atoms with Gasteiger partial charge in [-0.1, -0.05) is 19.1 Å². The Kier molecular flexibility index (Phi) is 6.32. The van der Waals surface area contributed by atoms with E-state index in [0.717, 1.165) is 31.5 Å². The number of hydrogen-bond acceptors (Lipinski definition) is 2. The summed E-state index contributed by atoms with van der Waals surface area (Å²) in [5.41, 5.74) is 2.18. The van der Waals surface area contributed by atoms with Crippen molar-refractivity contribution in [1.29, 1.82) is 0 Å². The van der Waals surface area contributed by atoms with Gasteiger partial charge in [-0.3, -0.25) is 4.79 Å². The van der Waals surface area contributed by atoms with Crippen LogP contribution in [0.5, 0.6) is 0 Å². The average molecular weight is 283 g/mol. The van der Waals surface area contributed by atoms with Crippen molar-refractivity contribution in [2.24, 2.45) is 5.92 Å². The maximum absolute atomic E-state index is 12.2. The van der Waals surface area contributed by atoms with Crippen molar-refractivity contribution in [3.05, 3.63) is 29.8 Å². The molecule has 0 bridgehead atoms. The summed E-state index contributed by atoms with van der Waals surface area (Å²) in [6.45, 7) is 5.20. The van der Waals surface area contributed by atoms with Gasteiger partial charge in [0.05, 0.1) is 0 Å². The highest BCUT2D eigenvalue weighted by Crippen LogP contribution is 2.19. The maximum atomic E-state index is 12.2. The number of amides is 1. The first-order chi connectivity index (χ1) is 8.69. The molecule has 1 aliphatic rings. The van der Waals surface area contributed by atoms with E-state index in [1.54, 1.807) is 0 Å². The van der Waals surface area contributed by atoms with E-state index in [0.29, 0.717) is 6.04 Å². The summed E-state index contributed by atoms with van der Waals surface area (Å²) in [6, 6.07) is 8.54. The zero-order chi connectivity index (χ0) is 13.0. The molecule has 106 valence electrons. The number of rotatable bonds is 3. The van der Waals surface area contributed by atoms with Gasteiger partial charge in [-0.05, 0) is 50.4 Å². The third-order valence-corrected chi connectivity index (χ3v) is 3.60. The number of anilines is 1. The molecule has 0 aromatic heterocycles. The molecule has 1 fully saturated rings. The molecule has 1 saturated heterocycles. The summed E-state index contributed by atoms with van der Waals surface area (Å²) in [7, 11) is 0.